The van der Waals surface area contributed by atoms with E-state index in [-0.39, 0.29) is 5.54 Å². The minimum atomic E-state index is 0.283. The van der Waals surface area contributed by atoms with Gasteiger partial charge >= 0.3 is 0 Å². The largest absolute Gasteiger partial charge is 0.329 e. The minimum absolute atomic E-state index is 0.283. The lowest BCUT2D eigenvalue weighted by Crippen LogP contribution is -2.65. The van der Waals surface area contributed by atoms with E-state index in [4.69, 9.17) is 5.73 Å². The second-order valence-electron chi connectivity index (χ2n) is 6.26. The molecule has 3 nitrogen and oxygen atoms in total. The Labute approximate surface area is 115 Å². The lowest BCUT2D eigenvalue weighted by Gasteiger charge is -2.51. The normalized spacial score (nSPS) is 46.5. The van der Waals surface area contributed by atoms with Crippen molar-refractivity contribution in [1.29, 1.82) is 0 Å². The highest BCUT2D eigenvalue weighted by molar-refractivity contribution is 8.00. The Bertz CT molecular complexity index is 311. The van der Waals surface area contributed by atoms with Gasteiger partial charge in [0.05, 0.1) is 5.54 Å². The zero-order valence-corrected chi connectivity index (χ0v) is 12.6. The molecule has 4 heteroatoms. The summed E-state index contributed by atoms with van der Waals surface area (Å²) in [6.07, 6.45) is 4.02. The van der Waals surface area contributed by atoms with E-state index in [2.05, 4.69) is 35.4 Å². The van der Waals surface area contributed by atoms with E-state index in [9.17, 15) is 0 Å². The highest BCUT2D eigenvalue weighted by atomic mass is 32.2. The molecular formula is C14H27N3S. The molecule has 3 rings (SSSR count). The zero-order chi connectivity index (χ0) is 12.8. The topological polar surface area (TPSA) is 32.5 Å². The molecule has 0 spiro atoms. The van der Waals surface area contributed by atoms with Gasteiger partial charge in [0.2, 0.25) is 0 Å². The molecule has 3 heterocycles. The molecule has 0 aromatic rings. The van der Waals surface area contributed by atoms with Crippen molar-refractivity contribution in [2.24, 2.45) is 5.73 Å². The number of hydrogen-bond acceptors (Lipinski definition) is 4. The standard InChI is InChI=1S/C14H27N3S/c1-11-12(2)18-9-8-17(11)14(10-15)5-7-16-6-3-4-13(14)16/h11-13H,3-10,15H2,1-2H3. The van der Waals surface area contributed by atoms with Crippen molar-refractivity contribution in [2.75, 3.05) is 31.9 Å². The van der Waals surface area contributed by atoms with Gasteiger partial charge in [0.15, 0.2) is 0 Å². The van der Waals surface area contributed by atoms with Crippen LogP contribution in [0.2, 0.25) is 0 Å². The molecule has 0 bridgehead atoms. The van der Waals surface area contributed by atoms with Crippen LogP contribution in [0.25, 0.3) is 0 Å². The van der Waals surface area contributed by atoms with Gasteiger partial charge in [0.25, 0.3) is 0 Å². The van der Waals surface area contributed by atoms with Crippen LogP contribution in [0.5, 0.6) is 0 Å². The Balaban J connectivity index is 1.86. The van der Waals surface area contributed by atoms with Crippen LogP contribution in [0.1, 0.15) is 33.1 Å². The molecule has 0 saturated carbocycles. The van der Waals surface area contributed by atoms with Crippen LogP contribution >= 0.6 is 11.8 Å². The van der Waals surface area contributed by atoms with E-state index in [0.29, 0.717) is 6.04 Å². The summed E-state index contributed by atoms with van der Waals surface area (Å²) >= 11 is 2.13. The summed E-state index contributed by atoms with van der Waals surface area (Å²) in [4.78, 5) is 5.48. The third-order valence-electron chi connectivity index (χ3n) is 5.63. The SMILES string of the molecule is CC1SCCN(C2(CN)CCN3CCCC32)C1C. The second kappa shape index (κ2) is 4.97. The molecular weight excluding hydrogens is 242 g/mol. The fraction of sp³-hybridized carbons (Fsp3) is 1.00. The summed E-state index contributed by atoms with van der Waals surface area (Å²) in [5, 5.41) is 0.748. The van der Waals surface area contributed by atoms with Gasteiger partial charge < -0.3 is 5.73 Å². The third-order valence-corrected chi connectivity index (χ3v) is 6.96. The third kappa shape index (κ3) is 1.84. The lowest BCUT2D eigenvalue weighted by molar-refractivity contribution is 0.0345. The number of thioether (sulfide) groups is 1. The summed E-state index contributed by atoms with van der Waals surface area (Å²) in [6, 6.07) is 1.41. The van der Waals surface area contributed by atoms with Gasteiger partial charge in [-0.3, -0.25) is 9.80 Å². The van der Waals surface area contributed by atoms with E-state index < -0.39 is 0 Å². The van der Waals surface area contributed by atoms with Gasteiger partial charge in [-0.25, -0.2) is 0 Å². The van der Waals surface area contributed by atoms with Gasteiger partial charge in [0, 0.05) is 42.7 Å². The first-order valence-corrected chi connectivity index (χ1v) is 8.56. The maximum atomic E-state index is 6.29. The molecule has 0 radical (unpaired) electrons. The second-order valence-corrected chi connectivity index (χ2v) is 7.75. The van der Waals surface area contributed by atoms with E-state index in [1.54, 1.807) is 0 Å². The van der Waals surface area contributed by atoms with Crippen molar-refractivity contribution in [1.82, 2.24) is 9.80 Å². The van der Waals surface area contributed by atoms with Crippen LogP contribution in [0.4, 0.5) is 0 Å². The zero-order valence-electron chi connectivity index (χ0n) is 11.8. The van der Waals surface area contributed by atoms with E-state index >= 15 is 0 Å². The molecule has 4 atom stereocenters. The van der Waals surface area contributed by atoms with Crippen molar-refractivity contribution in [3.63, 3.8) is 0 Å². The van der Waals surface area contributed by atoms with E-state index in [0.717, 1.165) is 17.8 Å². The van der Waals surface area contributed by atoms with Gasteiger partial charge in [-0.05, 0) is 32.7 Å². The summed E-state index contributed by atoms with van der Waals surface area (Å²) < 4.78 is 0. The summed E-state index contributed by atoms with van der Waals surface area (Å²) in [7, 11) is 0. The average molecular weight is 269 g/mol. The molecule has 2 N–H and O–H groups in total. The average Bonchev–Trinajstić information content (AvgIpc) is 2.95. The molecule has 4 unspecified atom stereocenters. The van der Waals surface area contributed by atoms with Crippen LogP contribution in [-0.2, 0) is 0 Å². The van der Waals surface area contributed by atoms with Crippen LogP contribution in [0.15, 0.2) is 0 Å². The Hall–Kier alpha value is 0.230. The molecule has 3 saturated heterocycles. The molecule has 0 aromatic heterocycles. The van der Waals surface area contributed by atoms with Crippen molar-refractivity contribution >= 4 is 11.8 Å². The molecule has 18 heavy (non-hydrogen) atoms. The predicted molar refractivity (Wildman–Crippen MR) is 79.1 cm³/mol. The van der Waals surface area contributed by atoms with Gasteiger partial charge in [0.1, 0.15) is 0 Å². The quantitative estimate of drug-likeness (QED) is 0.821. The van der Waals surface area contributed by atoms with Gasteiger partial charge in [-0.2, -0.15) is 11.8 Å². The monoisotopic (exact) mass is 269 g/mol. The number of nitrogens with zero attached hydrogens (tertiary/aromatic N) is 2. The fourth-order valence-electron chi connectivity index (χ4n) is 4.46. The Morgan fingerprint density at radius 2 is 2.11 bits per heavy atom. The lowest BCUT2D eigenvalue weighted by atomic mass is 9.85. The maximum Gasteiger partial charge on any atom is 0.0502 e. The van der Waals surface area contributed by atoms with Crippen LogP contribution in [0.3, 0.4) is 0 Å². The van der Waals surface area contributed by atoms with Crippen molar-refractivity contribution < 1.29 is 0 Å². The maximum absolute atomic E-state index is 6.29. The predicted octanol–water partition coefficient (Wildman–Crippen LogP) is 1.38. The first-order valence-electron chi connectivity index (χ1n) is 7.51. The van der Waals surface area contributed by atoms with E-state index in [1.165, 1.54) is 44.6 Å². The van der Waals surface area contributed by atoms with Crippen molar-refractivity contribution in [3.8, 4) is 0 Å². The number of hydrogen-bond donors (Lipinski definition) is 1. The van der Waals surface area contributed by atoms with Crippen LogP contribution < -0.4 is 5.73 Å². The molecule has 3 aliphatic rings. The van der Waals surface area contributed by atoms with Crippen molar-refractivity contribution in [2.45, 2.75) is 56.0 Å². The van der Waals surface area contributed by atoms with Crippen molar-refractivity contribution in [3.05, 3.63) is 0 Å². The van der Waals surface area contributed by atoms with E-state index in [1.807, 2.05) is 0 Å². The Kier molecular flexibility index (Phi) is 3.65. The fourth-order valence-corrected chi connectivity index (χ4v) is 5.56. The molecule has 3 fully saturated rings. The molecule has 0 amide bonds. The molecule has 0 aromatic carbocycles. The highest BCUT2D eigenvalue weighted by Gasteiger charge is 2.53. The molecule has 0 aliphatic carbocycles. The number of nitrogens with two attached hydrogens (primary N) is 1. The number of fused-ring (bicyclic) bond motifs is 1. The highest BCUT2D eigenvalue weighted by Crippen LogP contribution is 2.42. The smallest absolute Gasteiger partial charge is 0.0502 e. The number of rotatable bonds is 2. The summed E-state index contributed by atoms with van der Waals surface area (Å²) in [6.45, 7) is 9.44. The molecule has 3 aliphatic heterocycles. The molecule has 104 valence electrons. The first-order chi connectivity index (χ1) is 8.69. The summed E-state index contributed by atoms with van der Waals surface area (Å²) in [5.41, 5.74) is 6.57. The minimum Gasteiger partial charge on any atom is -0.329 e. The first kappa shape index (κ1) is 13.2. The Morgan fingerprint density at radius 3 is 2.89 bits per heavy atom. The van der Waals surface area contributed by atoms with Crippen LogP contribution in [-0.4, -0.2) is 64.6 Å². The van der Waals surface area contributed by atoms with Crippen LogP contribution in [0, 0.1) is 0 Å². The summed E-state index contributed by atoms with van der Waals surface area (Å²) in [5.74, 6) is 1.28. The van der Waals surface area contributed by atoms with Gasteiger partial charge in [-0.15, -0.1) is 0 Å². The Morgan fingerprint density at radius 1 is 1.28 bits per heavy atom. The van der Waals surface area contributed by atoms with Gasteiger partial charge in [-0.1, -0.05) is 6.92 Å².